The van der Waals surface area contributed by atoms with E-state index >= 15 is 0 Å². The molecule has 0 bridgehead atoms. The van der Waals surface area contributed by atoms with Crippen molar-refractivity contribution in [2.24, 2.45) is 0 Å². The first-order valence-electron chi connectivity index (χ1n) is 8.72. The Morgan fingerprint density at radius 1 is 0.840 bits per heavy atom. The summed E-state index contributed by atoms with van der Waals surface area (Å²) in [6, 6.07) is 15.7. The summed E-state index contributed by atoms with van der Waals surface area (Å²) in [6.45, 7) is 6.39. The number of benzene rings is 2. The third kappa shape index (κ3) is 4.27. The summed E-state index contributed by atoms with van der Waals surface area (Å²) in [7, 11) is 0. The molecule has 1 fully saturated rings. The van der Waals surface area contributed by atoms with E-state index in [-0.39, 0.29) is 11.8 Å². The molecule has 1 saturated heterocycles. The molecule has 0 saturated carbocycles. The van der Waals surface area contributed by atoms with Gasteiger partial charge in [0.25, 0.3) is 5.91 Å². The van der Waals surface area contributed by atoms with Gasteiger partial charge in [-0.05, 0) is 31.5 Å². The van der Waals surface area contributed by atoms with Crippen molar-refractivity contribution >= 4 is 11.8 Å². The van der Waals surface area contributed by atoms with Gasteiger partial charge in [-0.2, -0.15) is 0 Å². The molecule has 1 aliphatic heterocycles. The molecule has 0 atom stereocenters. The van der Waals surface area contributed by atoms with Crippen LogP contribution in [0, 0.1) is 13.8 Å². The molecule has 0 radical (unpaired) electrons. The number of nitrogens with zero attached hydrogens (tertiary/aromatic N) is 2. The van der Waals surface area contributed by atoms with Crippen molar-refractivity contribution in [3.8, 4) is 0 Å². The lowest BCUT2D eigenvalue weighted by Crippen LogP contribution is -2.51. The van der Waals surface area contributed by atoms with Crippen molar-refractivity contribution in [2.45, 2.75) is 20.3 Å². The Balaban J connectivity index is 1.56. The molecular weight excluding hydrogens is 312 g/mol. The Labute approximate surface area is 149 Å². The zero-order valence-electron chi connectivity index (χ0n) is 14.9. The molecule has 0 unspecified atom stereocenters. The van der Waals surface area contributed by atoms with Crippen LogP contribution < -0.4 is 0 Å². The zero-order chi connectivity index (χ0) is 17.8. The normalized spacial score (nSPS) is 14.5. The fourth-order valence-electron chi connectivity index (χ4n) is 3.23. The van der Waals surface area contributed by atoms with Crippen molar-refractivity contribution in [3.63, 3.8) is 0 Å². The standard InChI is InChI=1S/C21H24N2O2/c1-16-5-3-7-18(13-16)15-20(24)22-9-11-23(12-10-22)21(25)19-8-4-6-17(2)14-19/h3-8,13-14H,9-12,15H2,1-2H3. The summed E-state index contributed by atoms with van der Waals surface area (Å²) in [4.78, 5) is 28.8. The van der Waals surface area contributed by atoms with Gasteiger partial charge in [0.1, 0.15) is 0 Å². The fraction of sp³-hybridized carbons (Fsp3) is 0.333. The summed E-state index contributed by atoms with van der Waals surface area (Å²) in [6.07, 6.45) is 0.424. The second-order valence-corrected chi connectivity index (χ2v) is 6.71. The van der Waals surface area contributed by atoms with Crippen molar-refractivity contribution in [2.75, 3.05) is 26.2 Å². The molecule has 3 rings (SSSR count). The molecule has 0 aliphatic carbocycles. The van der Waals surface area contributed by atoms with Gasteiger partial charge in [0.15, 0.2) is 0 Å². The SMILES string of the molecule is Cc1cccc(CC(=O)N2CCN(C(=O)c3cccc(C)c3)CC2)c1. The van der Waals surface area contributed by atoms with Crippen LogP contribution in [0.4, 0.5) is 0 Å². The van der Waals surface area contributed by atoms with Gasteiger partial charge in [-0.15, -0.1) is 0 Å². The zero-order valence-corrected chi connectivity index (χ0v) is 14.9. The fourth-order valence-corrected chi connectivity index (χ4v) is 3.23. The third-order valence-electron chi connectivity index (χ3n) is 4.62. The van der Waals surface area contributed by atoms with Gasteiger partial charge in [-0.1, -0.05) is 47.5 Å². The topological polar surface area (TPSA) is 40.6 Å². The summed E-state index contributed by atoms with van der Waals surface area (Å²) in [5, 5.41) is 0. The largest absolute Gasteiger partial charge is 0.339 e. The van der Waals surface area contributed by atoms with Gasteiger partial charge in [-0.3, -0.25) is 9.59 Å². The molecule has 2 aromatic rings. The number of amides is 2. The molecule has 0 aromatic heterocycles. The average Bonchev–Trinajstić information content (AvgIpc) is 2.61. The lowest BCUT2D eigenvalue weighted by Gasteiger charge is -2.35. The Kier molecular flexibility index (Phi) is 5.17. The Hall–Kier alpha value is -2.62. The van der Waals surface area contributed by atoms with E-state index in [9.17, 15) is 9.59 Å². The molecule has 2 amide bonds. The average molecular weight is 336 g/mol. The maximum absolute atomic E-state index is 12.6. The van der Waals surface area contributed by atoms with Crippen LogP contribution in [0.1, 0.15) is 27.0 Å². The molecule has 2 aromatic carbocycles. The summed E-state index contributed by atoms with van der Waals surface area (Å²) in [5.74, 6) is 0.183. The van der Waals surface area contributed by atoms with Crippen molar-refractivity contribution in [1.29, 1.82) is 0 Å². The number of rotatable bonds is 3. The molecule has 0 spiro atoms. The first-order chi connectivity index (χ1) is 12.0. The van der Waals surface area contributed by atoms with Crippen molar-refractivity contribution < 1.29 is 9.59 Å². The molecular formula is C21H24N2O2. The van der Waals surface area contributed by atoms with E-state index in [0.717, 1.165) is 16.7 Å². The minimum absolute atomic E-state index is 0.0504. The highest BCUT2D eigenvalue weighted by Gasteiger charge is 2.24. The lowest BCUT2D eigenvalue weighted by molar-refractivity contribution is -0.131. The second-order valence-electron chi connectivity index (χ2n) is 6.71. The van der Waals surface area contributed by atoms with Crippen LogP contribution >= 0.6 is 0 Å². The number of piperazine rings is 1. The smallest absolute Gasteiger partial charge is 0.253 e. The number of aryl methyl sites for hydroxylation is 2. The molecule has 1 aliphatic rings. The van der Waals surface area contributed by atoms with E-state index in [1.807, 2.05) is 66.1 Å². The second kappa shape index (κ2) is 7.51. The number of carbonyl (C=O) groups excluding carboxylic acids is 2. The first-order valence-corrected chi connectivity index (χ1v) is 8.72. The Morgan fingerprint density at radius 3 is 2.08 bits per heavy atom. The lowest BCUT2D eigenvalue weighted by atomic mass is 10.1. The number of hydrogen-bond donors (Lipinski definition) is 0. The van der Waals surface area contributed by atoms with E-state index in [2.05, 4.69) is 6.07 Å². The van der Waals surface area contributed by atoms with Gasteiger partial charge < -0.3 is 9.80 Å². The first kappa shape index (κ1) is 17.2. The van der Waals surface area contributed by atoms with Gasteiger partial charge >= 0.3 is 0 Å². The number of hydrogen-bond acceptors (Lipinski definition) is 2. The predicted octanol–water partition coefficient (Wildman–Crippen LogP) is 2.83. The van der Waals surface area contributed by atoms with E-state index in [4.69, 9.17) is 0 Å². The van der Waals surface area contributed by atoms with E-state index in [1.54, 1.807) is 0 Å². The Morgan fingerprint density at radius 2 is 1.44 bits per heavy atom. The summed E-state index contributed by atoms with van der Waals surface area (Å²) in [5.41, 5.74) is 4.01. The molecule has 130 valence electrons. The molecule has 1 heterocycles. The van der Waals surface area contributed by atoms with E-state index in [1.165, 1.54) is 5.56 Å². The minimum atomic E-state index is 0.0504. The molecule has 4 nitrogen and oxygen atoms in total. The van der Waals surface area contributed by atoms with Gasteiger partial charge in [0, 0.05) is 31.7 Å². The Bertz CT molecular complexity index is 777. The predicted molar refractivity (Wildman–Crippen MR) is 98.5 cm³/mol. The summed E-state index contributed by atoms with van der Waals surface area (Å²) >= 11 is 0. The monoisotopic (exact) mass is 336 g/mol. The maximum Gasteiger partial charge on any atom is 0.253 e. The van der Waals surface area contributed by atoms with Crippen LogP contribution in [0.3, 0.4) is 0 Å². The van der Waals surface area contributed by atoms with Gasteiger partial charge in [0.05, 0.1) is 6.42 Å². The van der Waals surface area contributed by atoms with E-state index in [0.29, 0.717) is 32.6 Å². The molecule has 0 N–H and O–H groups in total. The van der Waals surface area contributed by atoms with Crippen LogP contribution in [0.5, 0.6) is 0 Å². The van der Waals surface area contributed by atoms with Crippen LogP contribution in [-0.4, -0.2) is 47.8 Å². The van der Waals surface area contributed by atoms with E-state index < -0.39 is 0 Å². The third-order valence-corrected chi connectivity index (χ3v) is 4.62. The van der Waals surface area contributed by atoms with Gasteiger partial charge in [0.2, 0.25) is 5.91 Å². The highest BCUT2D eigenvalue weighted by molar-refractivity contribution is 5.94. The van der Waals surface area contributed by atoms with Crippen LogP contribution in [0.15, 0.2) is 48.5 Å². The maximum atomic E-state index is 12.6. The number of carbonyl (C=O) groups is 2. The highest BCUT2D eigenvalue weighted by Crippen LogP contribution is 2.12. The van der Waals surface area contributed by atoms with Crippen molar-refractivity contribution in [1.82, 2.24) is 9.80 Å². The van der Waals surface area contributed by atoms with Crippen molar-refractivity contribution in [3.05, 3.63) is 70.8 Å². The molecule has 25 heavy (non-hydrogen) atoms. The van der Waals surface area contributed by atoms with Gasteiger partial charge in [-0.25, -0.2) is 0 Å². The van der Waals surface area contributed by atoms with Crippen LogP contribution in [0.25, 0.3) is 0 Å². The molecule has 4 heteroatoms. The van der Waals surface area contributed by atoms with Crippen LogP contribution in [0.2, 0.25) is 0 Å². The van der Waals surface area contributed by atoms with Crippen LogP contribution in [-0.2, 0) is 11.2 Å². The minimum Gasteiger partial charge on any atom is -0.339 e. The quantitative estimate of drug-likeness (QED) is 0.865. The highest BCUT2D eigenvalue weighted by atomic mass is 16.2. The summed E-state index contributed by atoms with van der Waals surface area (Å²) < 4.78 is 0.